The summed E-state index contributed by atoms with van der Waals surface area (Å²) in [5.41, 5.74) is 8.71. The van der Waals surface area contributed by atoms with Crippen LogP contribution in [0.3, 0.4) is 0 Å². The van der Waals surface area contributed by atoms with Gasteiger partial charge in [-0.2, -0.15) is 10.2 Å². The fourth-order valence-electron chi connectivity index (χ4n) is 3.09. The minimum atomic E-state index is -0.338. The molecule has 10 nitrogen and oxygen atoms in total. The molecule has 1 aromatic carbocycles. The van der Waals surface area contributed by atoms with Crippen LogP contribution < -0.4 is 15.8 Å². The van der Waals surface area contributed by atoms with Crippen molar-refractivity contribution in [2.75, 3.05) is 19.5 Å². The molecule has 0 unspecified atom stereocenters. The highest BCUT2D eigenvalue weighted by Gasteiger charge is 2.19. The number of benzene rings is 1. The van der Waals surface area contributed by atoms with Gasteiger partial charge in [0, 0.05) is 6.04 Å². The summed E-state index contributed by atoms with van der Waals surface area (Å²) in [5, 5.41) is 14.8. The maximum atomic E-state index is 12.7. The van der Waals surface area contributed by atoms with Gasteiger partial charge in [0.1, 0.15) is 11.3 Å². The highest BCUT2D eigenvalue weighted by Crippen LogP contribution is 2.23. The molecule has 0 aliphatic rings. The highest BCUT2D eigenvalue weighted by molar-refractivity contribution is 6.34. The van der Waals surface area contributed by atoms with Crippen molar-refractivity contribution in [1.29, 1.82) is 0 Å². The molecule has 1 amide bonds. The van der Waals surface area contributed by atoms with Gasteiger partial charge in [0.25, 0.3) is 5.91 Å². The summed E-state index contributed by atoms with van der Waals surface area (Å²) in [6, 6.07) is 5.22. The number of nitrogen functional groups attached to an aromatic ring is 1. The van der Waals surface area contributed by atoms with E-state index in [-0.39, 0.29) is 22.8 Å². The quantitative estimate of drug-likeness (QED) is 0.383. The number of rotatable bonds is 7. The monoisotopic (exact) mass is 429 g/mol. The number of aromatic amines is 1. The first-order chi connectivity index (χ1) is 14.5. The number of fused-ring (bicyclic) bond motifs is 3. The number of methoxy groups -OCH3 is 1. The van der Waals surface area contributed by atoms with Crippen molar-refractivity contribution in [2.45, 2.75) is 19.6 Å². The van der Waals surface area contributed by atoms with E-state index in [4.69, 9.17) is 26.8 Å². The van der Waals surface area contributed by atoms with Crippen molar-refractivity contribution in [3.63, 3.8) is 0 Å². The zero-order chi connectivity index (χ0) is 21.3. The van der Waals surface area contributed by atoms with Crippen molar-refractivity contribution in [1.82, 2.24) is 30.1 Å². The summed E-state index contributed by atoms with van der Waals surface area (Å²) in [6.07, 6.45) is 3.01. The molecule has 3 aromatic heterocycles. The molecule has 0 aliphatic heterocycles. The summed E-state index contributed by atoms with van der Waals surface area (Å²) in [4.78, 5) is 17.0. The number of nitrogens with zero attached hydrogens (tertiary/aromatic N) is 4. The number of hydrogen-bond acceptors (Lipinski definition) is 7. The average Bonchev–Trinajstić information content (AvgIpc) is 3.35. The molecule has 4 N–H and O–H groups in total. The van der Waals surface area contributed by atoms with Crippen molar-refractivity contribution in [2.24, 2.45) is 0 Å². The summed E-state index contributed by atoms with van der Waals surface area (Å²) in [6.45, 7) is 2.52. The Bertz CT molecular complexity index is 1220. The van der Waals surface area contributed by atoms with E-state index in [2.05, 4.69) is 25.6 Å². The van der Waals surface area contributed by atoms with Gasteiger partial charge in [0.2, 0.25) is 0 Å². The van der Waals surface area contributed by atoms with E-state index in [0.29, 0.717) is 41.2 Å². The number of imidazole rings is 1. The van der Waals surface area contributed by atoms with Gasteiger partial charge < -0.3 is 20.5 Å². The van der Waals surface area contributed by atoms with E-state index < -0.39 is 0 Å². The predicted octanol–water partition coefficient (Wildman–Crippen LogP) is 2.18. The van der Waals surface area contributed by atoms with Crippen LogP contribution in [0.25, 0.3) is 16.6 Å². The molecule has 30 heavy (non-hydrogen) atoms. The molecule has 4 aromatic rings. The van der Waals surface area contributed by atoms with Crippen LogP contribution >= 0.6 is 11.6 Å². The Balaban J connectivity index is 1.39. The lowest BCUT2D eigenvalue weighted by Gasteiger charge is -2.14. The standard InChI is InChI=1S/C19H20ClN7O3/c1-10(8-30-9-11-3-4-15(29-2)13(21)5-11)24-19(28)14-7-22-18-16-12(6-23-25-16)17(20)26-27(14)18/h3-7,10H,8-9,21H2,1-2H3,(H,23,25)(H,24,28)/t10-/m1/s1. The second-order valence-corrected chi connectivity index (χ2v) is 7.15. The summed E-state index contributed by atoms with van der Waals surface area (Å²) in [5.74, 6) is 0.281. The maximum absolute atomic E-state index is 12.7. The molecular formula is C19H20ClN7O3. The topological polar surface area (TPSA) is 132 Å². The number of carbonyl (C=O) groups excluding carboxylic acids is 1. The van der Waals surface area contributed by atoms with E-state index in [1.165, 1.54) is 10.7 Å². The second kappa shape index (κ2) is 8.17. The third-order valence-electron chi connectivity index (χ3n) is 4.55. The molecular weight excluding hydrogens is 410 g/mol. The van der Waals surface area contributed by atoms with E-state index in [0.717, 1.165) is 5.56 Å². The van der Waals surface area contributed by atoms with Crippen LogP contribution in [-0.4, -0.2) is 50.5 Å². The van der Waals surface area contributed by atoms with E-state index in [1.54, 1.807) is 25.4 Å². The first-order valence-corrected chi connectivity index (χ1v) is 9.53. The van der Waals surface area contributed by atoms with Gasteiger partial charge in [-0.05, 0) is 24.6 Å². The Morgan fingerprint density at radius 1 is 1.40 bits per heavy atom. The summed E-state index contributed by atoms with van der Waals surface area (Å²) >= 11 is 6.19. The van der Waals surface area contributed by atoms with E-state index >= 15 is 0 Å². The zero-order valence-electron chi connectivity index (χ0n) is 16.3. The number of hydrogen-bond donors (Lipinski definition) is 3. The van der Waals surface area contributed by atoms with Crippen molar-refractivity contribution >= 4 is 39.7 Å². The molecule has 3 heterocycles. The minimum Gasteiger partial charge on any atom is -0.495 e. The molecule has 0 radical (unpaired) electrons. The lowest BCUT2D eigenvalue weighted by molar-refractivity contribution is 0.0815. The summed E-state index contributed by atoms with van der Waals surface area (Å²) in [7, 11) is 1.57. The fraction of sp³-hybridized carbons (Fsp3) is 0.263. The first-order valence-electron chi connectivity index (χ1n) is 9.15. The molecule has 0 fully saturated rings. The highest BCUT2D eigenvalue weighted by atomic mass is 35.5. The molecule has 0 aliphatic carbocycles. The van der Waals surface area contributed by atoms with Crippen LogP contribution in [0.15, 0.2) is 30.6 Å². The smallest absolute Gasteiger partial charge is 0.271 e. The Hall–Kier alpha value is -3.37. The first kappa shape index (κ1) is 19.9. The third kappa shape index (κ3) is 3.74. The van der Waals surface area contributed by atoms with Gasteiger partial charge in [0.15, 0.2) is 16.5 Å². The lowest BCUT2D eigenvalue weighted by atomic mass is 10.2. The van der Waals surface area contributed by atoms with Crippen molar-refractivity contribution in [3.05, 3.63) is 47.0 Å². The van der Waals surface area contributed by atoms with Crippen LogP contribution in [-0.2, 0) is 11.3 Å². The number of H-pyrrole nitrogens is 1. The minimum absolute atomic E-state index is 0.230. The van der Waals surface area contributed by atoms with Gasteiger partial charge in [-0.1, -0.05) is 17.7 Å². The van der Waals surface area contributed by atoms with Crippen LogP contribution in [0, 0.1) is 0 Å². The molecule has 0 saturated heterocycles. The van der Waals surface area contributed by atoms with Crippen molar-refractivity contribution < 1.29 is 14.3 Å². The Labute approximate surface area is 176 Å². The number of nitrogens with two attached hydrogens (primary N) is 1. The Morgan fingerprint density at radius 2 is 2.23 bits per heavy atom. The van der Waals surface area contributed by atoms with Gasteiger partial charge in [-0.25, -0.2) is 9.50 Å². The maximum Gasteiger partial charge on any atom is 0.271 e. The number of anilines is 1. The molecule has 0 bridgehead atoms. The Morgan fingerprint density at radius 3 is 3.00 bits per heavy atom. The number of ether oxygens (including phenoxy) is 2. The van der Waals surface area contributed by atoms with Crippen LogP contribution in [0.2, 0.25) is 5.15 Å². The van der Waals surface area contributed by atoms with Crippen LogP contribution in [0.4, 0.5) is 5.69 Å². The largest absolute Gasteiger partial charge is 0.495 e. The molecule has 1 atom stereocenters. The Kier molecular flexibility index (Phi) is 5.42. The number of carbonyl (C=O) groups is 1. The molecule has 11 heteroatoms. The third-order valence-corrected chi connectivity index (χ3v) is 4.83. The average molecular weight is 430 g/mol. The molecule has 156 valence electrons. The van der Waals surface area contributed by atoms with Crippen LogP contribution in [0.1, 0.15) is 23.0 Å². The summed E-state index contributed by atoms with van der Waals surface area (Å²) < 4.78 is 12.2. The van der Waals surface area contributed by atoms with Gasteiger partial charge >= 0.3 is 0 Å². The predicted molar refractivity (Wildman–Crippen MR) is 112 cm³/mol. The molecule has 0 saturated carbocycles. The number of nitrogens with one attached hydrogen (secondary N) is 2. The second-order valence-electron chi connectivity index (χ2n) is 6.79. The fourth-order valence-corrected chi connectivity index (χ4v) is 3.31. The number of amides is 1. The lowest BCUT2D eigenvalue weighted by Crippen LogP contribution is -2.36. The van der Waals surface area contributed by atoms with E-state index in [1.807, 2.05) is 13.0 Å². The normalized spacial score (nSPS) is 12.4. The molecule has 4 rings (SSSR count). The van der Waals surface area contributed by atoms with E-state index in [9.17, 15) is 4.79 Å². The zero-order valence-corrected chi connectivity index (χ0v) is 17.1. The van der Waals surface area contributed by atoms with Gasteiger partial charge in [-0.15, -0.1) is 0 Å². The number of halogens is 1. The van der Waals surface area contributed by atoms with Crippen molar-refractivity contribution in [3.8, 4) is 5.75 Å². The number of aromatic nitrogens is 5. The molecule has 0 spiro atoms. The van der Waals surface area contributed by atoms with Gasteiger partial charge in [-0.3, -0.25) is 9.89 Å². The van der Waals surface area contributed by atoms with Crippen LogP contribution in [0.5, 0.6) is 5.75 Å². The van der Waals surface area contributed by atoms with Gasteiger partial charge in [0.05, 0.1) is 43.8 Å². The SMILES string of the molecule is COc1ccc(COC[C@@H](C)NC(=O)c2cnc3c4[nH]ncc4c(Cl)nn23)cc1N.